The van der Waals surface area contributed by atoms with Crippen LogP contribution < -0.4 is 5.32 Å². The van der Waals surface area contributed by atoms with E-state index >= 15 is 0 Å². The van der Waals surface area contributed by atoms with Gasteiger partial charge in [-0.05, 0) is 86.4 Å². The smallest absolute Gasteiger partial charge is 0.330 e. The number of rotatable bonds is 7. The number of amides is 1. The van der Waals surface area contributed by atoms with E-state index in [9.17, 15) is 14.7 Å². The normalized spacial score (nSPS) is 25.1. The molecular weight excluding hydrogens is 452 g/mol. The van der Waals surface area contributed by atoms with Crippen LogP contribution in [-0.4, -0.2) is 47.6 Å². The number of anilines is 1. The summed E-state index contributed by atoms with van der Waals surface area (Å²) in [6, 6.07) is 14.5. The van der Waals surface area contributed by atoms with Gasteiger partial charge in [-0.15, -0.1) is 0 Å². The van der Waals surface area contributed by atoms with Gasteiger partial charge in [0, 0.05) is 35.8 Å². The zero-order valence-corrected chi connectivity index (χ0v) is 21.0. The van der Waals surface area contributed by atoms with E-state index in [2.05, 4.69) is 28.4 Å². The van der Waals surface area contributed by atoms with Crippen molar-refractivity contribution < 1.29 is 19.4 Å². The lowest BCUT2D eigenvalue weighted by Crippen LogP contribution is -2.61. The first-order chi connectivity index (χ1) is 17.5. The molecule has 1 aliphatic heterocycles. The number of esters is 1. The molecule has 0 unspecified atom stereocenters. The highest BCUT2D eigenvalue weighted by molar-refractivity contribution is 6.02. The van der Waals surface area contributed by atoms with Gasteiger partial charge in [0.15, 0.2) is 0 Å². The Hall–Kier alpha value is -3.12. The van der Waals surface area contributed by atoms with Gasteiger partial charge >= 0.3 is 5.97 Å². The summed E-state index contributed by atoms with van der Waals surface area (Å²) in [6.07, 6.45) is 10.5. The largest absolute Gasteiger partial charge is 0.508 e. The maximum atomic E-state index is 12.4. The Labute approximate surface area is 213 Å². The highest BCUT2D eigenvalue weighted by Crippen LogP contribution is 2.56. The van der Waals surface area contributed by atoms with E-state index in [0.29, 0.717) is 17.7 Å². The second kappa shape index (κ2) is 10.5. The van der Waals surface area contributed by atoms with Crippen molar-refractivity contribution in [1.29, 1.82) is 0 Å². The van der Waals surface area contributed by atoms with Gasteiger partial charge < -0.3 is 15.2 Å². The van der Waals surface area contributed by atoms with Crippen molar-refractivity contribution in [2.75, 3.05) is 25.0 Å². The number of likely N-dealkylation sites (tertiary alicyclic amines) is 1. The molecule has 2 fully saturated rings. The van der Waals surface area contributed by atoms with Crippen LogP contribution in [0.4, 0.5) is 5.69 Å². The van der Waals surface area contributed by atoms with Crippen LogP contribution in [0.3, 0.4) is 0 Å². The van der Waals surface area contributed by atoms with Crippen LogP contribution in [0.5, 0.6) is 5.75 Å². The van der Waals surface area contributed by atoms with E-state index in [-0.39, 0.29) is 17.9 Å². The first-order valence-electron chi connectivity index (χ1n) is 13.3. The van der Waals surface area contributed by atoms with Crippen molar-refractivity contribution in [3.8, 4) is 5.75 Å². The van der Waals surface area contributed by atoms with E-state index in [1.165, 1.54) is 42.9 Å². The molecule has 2 bridgehead atoms. The van der Waals surface area contributed by atoms with Crippen LogP contribution in [0.25, 0.3) is 0 Å². The third kappa shape index (κ3) is 4.79. The monoisotopic (exact) mass is 488 g/mol. The molecule has 1 saturated carbocycles. The van der Waals surface area contributed by atoms with Crippen LogP contribution in [-0.2, 0) is 32.6 Å². The van der Waals surface area contributed by atoms with E-state index in [0.717, 1.165) is 49.7 Å². The molecule has 1 heterocycles. The molecule has 1 amide bonds. The Bertz CT molecular complexity index is 1160. The molecule has 0 aromatic heterocycles. The molecule has 3 atom stereocenters. The fraction of sp³-hybridized carbons (Fsp3) is 0.467. The van der Waals surface area contributed by atoms with E-state index in [1.807, 2.05) is 24.3 Å². The van der Waals surface area contributed by atoms with Gasteiger partial charge in [0.1, 0.15) is 5.75 Å². The average molecular weight is 489 g/mol. The number of para-hydroxylation sites is 1. The Morgan fingerprint density at radius 3 is 2.89 bits per heavy atom. The van der Waals surface area contributed by atoms with Crippen molar-refractivity contribution in [2.24, 2.45) is 5.92 Å². The van der Waals surface area contributed by atoms with Crippen LogP contribution in [0, 0.1) is 5.92 Å². The Kier molecular flexibility index (Phi) is 7.15. The summed E-state index contributed by atoms with van der Waals surface area (Å²) in [6.45, 7) is 4.01. The molecule has 2 aromatic rings. The van der Waals surface area contributed by atoms with Crippen molar-refractivity contribution in [3.63, 3.8) is 0 Å². The van der Waals surface area contributed by atoms with E-state index in [1.54, 1.807) is 6.92 Å². The van der Waals surface area contributed by atoms with Crippen LogP contribution in [0.1, 0.15) is 55.7 Å². The summed E-state index contributed by atoms with van der Waals surface area (Å²) in [5.41, 5.74) is 4.90. The number of benzene rings is 2. The molecule has 2 aromatic carbocycles. The Balaban J connectivity index is 1.29. The molecule has 6 nitrogen and oxygen atoms in total. The lowest BCUT2D eigenvalue weighted by atomic mass is 9.52. The van der Waals surface area contributed by atoms with Crippen LogP contribution in [0.15, 0.2) is 54.6 Å². The number of carbonyl (C=O) groups is 2. The van der Waals surface area contributed by atoms with Gasteiger partial charge in [-0.1, -0.05) is 37.1 Å². The number of carbonyl (C=O) groups excluding carboxylic acids is 2. The zero-order chi connectivity index (χ0) is 25.1. The highest BCUT2D eigenvalue weighted by Gasteiger charge is 2.53. The van der Waals surface area contributed by atoms with Gasteiger partial charge in [0.05, 0.1) is 6.61 Å². The molecule has 0 radical (unpaired) electrons. The number of nitrogens with one attached hydrogen (secondary N) is 1. The van der Waals surface area contributed by atoms with Gasteiger partial charge in [-0.25, -0.2) is 4.79 Å². The summed E-state index contributed by atoms with van der Waals surface area (Å²) in [4.78, 5) is 26.6. The van der Waals surface area contributed by atoms with Gasteiger partial charge in [0.2, 0.25) is 5.91 Å². The van der Waals surface area contributed by atoms with Gasteiger partial charge in [-0.3, -0.25) is 9.69 Å². The molecule has 5 rings (SSSR count). The van der Waals surface area contributed by atoms with Crippen molar-refractivity contribution in [2.45, 2.75) is 63.3 Å². The fourth-order valence-electron chi connectivity index (χ4n) is 6.98. The SMILES string of the molecule is CCOC(=O)/C=C/C(=O)Nc1ccccc1CCN1CC[C@]23CCCC[C@H]2[C@H]1Cc1ccc(O)cc13. The molecule has 6 heteroatoms. The lowest BCUT2D eigenvalue weighted by Gasteiger charge is -2.59. The van der Waals surface area contributed by atoms with Crippen molar-refractivity contribution in [1.82, 2.24) is 4.90 Å². The maximum absolute atomic E-state index is 12.4. The number of piperidine rings is 1. The standard InChI is InChI=1S/C30H36N2O4/c1-2-36-29(35)13-12-28(34)31-26-9-4-3-7-21(26)14-17-32-18-16-30-15-6-5-8-24(30)27(32)19-22-10-11-23(33)20-25(22)30/h3-4,7,9-13,20,24,27,33H,2,5-6,8,14-19H2,1H3,(H,31,34)/b13-12+/t24-,27+,30+/m0/s1. The third-order valence-electron chi connectivity index (χ3n) is 8.54. The molecule has 3 aliphatic rings. The number of hydrogen-bond acceptors (Lipinski definition) is 5. The number of phenolic OH excluding ortho intramolecular Hbond substituents is 1. The first kappa shape index (κ1) is 24.6. The second-order valence-electron chi connectivity index (χ2n) is 10.4. The average Bonchev–Trinajstić information content (AvgIpc) is 2.88. The first-order valence-corrected chi connectivity index (χ1v) is 13.3. The fourth-order valence-corrected chi connectivity index (χ4v) is 6.98. The molecule has 36 heavy (non-hydrogen) atoms. The Morgan fingerprint density at radius 2 is 2.03 bits per heavy atom. The van der Waals surface area contributed by atoms with Crippen LogP contribution in [0.2, 0.25) is 0 Å². The van der Waals surface area contributed by atoms with Crippen molar-refractivity contribution in [3.05, 3.63) is 71.3 Å². The number of hydrogen-bond donors (Lipinski definition) is 2. The number of ether oxygens (including phenoxy) is 1. The third-order valence-corrected chi connectivity index (χ3v) is 8.54. The number of phenols is 1. The summed E-state index contributed by atoms with van der Waals surface area (Å²) >= 11 is 0. The molecular formula is C30H36N2O4. The number of aromatic hydroxyl groups is 1. The molecule has 2 aliphatic carbocycles. The summed E-state index contributed by atoms with van der Waals surface area (Å²) < 4.78 is 4.85. The predicted molar refractivity (Wildman–Crippen MR) is 140 cm³/mol. The number of nitrogens with zero attached hydrogens (tertiary/aromatic N) is 1. The predicted octanol–water partition coefficient (Wildman–Crippen LogP) is 4.75. The Morgan fingerprint density at radius 1 is 1.17 bits per heavy atom. The minimum atomic E-state index is -0.519. The zero-order valence-electron chi connectivity index (χ0n) is 21.0. The summed E-state index contributed by atoms with van der Waals surface area (Å²) in [5.74, 6) is 0.169. The van der Waals surface area contributed by atoms with E-state index in [4.69, 9.17) is 4.74 Å². The van der Waals surface area contributed by atoms with Crippen molar-refractivity contribution >= 4 is 17.6 Å². The molecule has 2 N–H and O–H groups in total. The minimum absolute atomic E-state index is 0.211. The quantitative estimate of drug-likeness (QED) is 0.434. The summed E-state index contributed by atoms with van der Waals surface area (Å²) in [5, 5.41) is 13.2. The van der Waals surface area contributed by atoms with E-state index < -0.39 is 5.97 Å². The lowest BCUT2D eigenvalue weighted by molar-refractivity contribution is -0.137. The molecule has 190 valence electrons. The topological polar surface area (TPSA) is 78.9 Å². The minimum Gasteiger partial charge on any atom is -0.508 e. The highest BCUT2D eigenvalue weighted by atomic mass is 16.5. The van der Waals surface area contributed by atoms with Gasteiger partial charge in [-0.2, -0.15) is 0 Å². The van der Waals surface area contributed by atoms with Crippen LogP contribution >= 0.6 is 0 Å². The maximum Gasteiger partial charge on any atom is 0.330 e. The summed E-state index contributed by atoms with van der Waals surface area (Å²) in [7, 11) is 0. The second-order valence-corrected chi connectivity index (χ2v) is 10.4. The molecule has 0 spiro atoms. The van der Waals surface area contributed by atoms with Gasteiger partial charge in [0.25, 0.3) is 0 Å². The number of fused-ring (bicyclic) bond motifs is 1. The molecule has 1 saturated heterocycles.